The summed E-state index contributed by atoms with van der Waals surface area (Å²) in [5, 5.41) is 18.5. The van der Waals surface area contributed by atoms with Crippen LogP contribution < -0.4 is 15.0 Å². The number of benzene rings is 2. The molecule has 0 radical (unpaired) electrons. The van der Waals surface area contributed by atoms with E-state index in [2.05, 4.69) is 27.3 Å². The van der Waals surface area contributed by atoms with Crippen molar-refractivity contribution < 1.29 is 14.5 Å². The molecule has 4 rings (SSSR count). The van der Waals surface area contributed by atoms with Gasteiger partial charge in [-0.3, -0.25) is 14.9 Å². The van der Waals surface area contributed by atoms with E-state index in [1.165, 1.54) is 23.0 Å². The Morgan fingerprint density at radius 2 is 1.91 bits per heavy atom. The smallest absolute Gasteiger partial charge is 0.295 e. The quantitative estimate of drug-likeness (QED) is 0.468. The number of aromatic nitrogens is 2. The summed E-state index contributed by atoms with van der Waals surface area (Å²) < 4.78 is 6.90. The molecule has 2 heterocycles. The maximum absolute atomic E-state index is 12.9. The number of anilines is 2. The minimum Gasteiger partial charge on any atom is -0.495 e. The minimum absolute atomic E-state index is 0.185. The lowest BCUT2D eigenvalue weighted by molar-refractivity contribution is -0.384. The highest BCUT2D eigenvalue weighted by atomic mass is 16.6. The fourth-order valence-electron chi connectivity index (χ4n) is 3.68. The molecule has 1 fully saturated rings. The number of hydrogen-bond acceptors (Lipinski definition) is 7. The zero-order valence-electron chi connectivity index (χ0n) is 17.9. The maximum atomic E-state index is 12.9. The molecule has 10 heteroatoms. The number of carbonyl (C=O) groups is 1. The van der Waals surface area contributed by atoms with Gasteiger partial charge in [0.25, 0.3) is 11.6 Å². The van der Waals surface area contributed by atoms with Crippen LogP contribution in [-0.4, -0.2) is 65.8 Å². The van der Waals surface area contributed by atoms with E-state index < -0.39 is 10.8 Å². The van der Waals surface area contributed by atoms with Gasteiger partial charge in [-0.1, -0.05) is 0 Å². The van der Waals surface area contributed by atoms with Crippen molar-refractivity contribution in [2.24, 2.45) is 0 Å². The SMILES string of the molecule is COc1ccc(NC(=O)c2ccc(-n3cccn3)c([N+](=O)[O-])c2)cc1N1CCN(C)CC1. The van der Waals surface area contributed by atoms with E-state index in [9.17, 15) is 14.9 Å². The van der Waals surface area contributed by atoms with E-state index in [1.54, 1.807) is 31.5 Å². The third-order valence-electron chi connectivity index (χ3n) is 5.47. The zero-order chi connectivity index (χ0) is 22.7. The molecule has 32 heavy (non-hydrogen) atoms. The van der Waals surface area contributed by atoms with Gasteiger partial charge in [-0.25, -0.2) is 4.68 Å². The fraction of sp³-hybridized carbons (Fsp3) is 0.273. The number of nitrogens with zero attached hydrogens (tertiary/aromatic N) is 5. The molecule has 0 spiro atoms. The number of carbonyl (C=O) groups excluding carboxylic acids is 1. The maximum Gasteiger partial charge on any atom is 0.295 e. The molecule has 0 saturated carbocycles. The first-order valence-corrected chi connectivity index (χ1v) is 10.2. The van der Waals surface area contributed by atoms with Crippen molar-refractivity contribution in [3.63, 3.8) is 0 Å². The van der Waals surface area contributed by atoms with Crippen LogP contribution >= 0.6 is 0 Å². The van der Waals surface area contributed by atoms with Crippen molar-refractivity contribution in [3.8, 4) is 11.4 Å². The zero-order valence-corrected chi connectivity index (χ0v) is 17.9. The number of piperazine rings is 1. The highest BCUT2D eigenvalue weighted by molar-refractivity contribution is 6.05. The standard InChI is InChI=1S/C22H24N6O4/c1-25-10-12-26(13-11-25)20-15-17(5-7-21(20)32-2)24-22(29)16-4-6-18(19(14-16)28(30)31)27-9-3-8-23-27/h3-9,14-15H,10-13H2,1-2H3,(H,24,29). The first kappa shape index (κ1) is 21.3. The summed E-state index contributed by atoms with van der Waals surface area (Å²) >= 11 is 0. The van der Waals surface area contributed by atoms with E-state index in [1.807, 2.05) is 12.1 Å². The third kappa shape index (κ3) is 4.40. The van der Waals surface area contributed by atoms with Crippen LogP contribution in [0.2, 0.25) is 0 Å². The molecule has 166 valence electrons. The lowest BCUT2D eigenvalue weighted by Crippen LogP contribution is -2.44. The summed E-state index contributed by atoms with van der Waals surface area (Å²) in [6.45, 7) is 3.58. The Balaban J connectivity index is 1.58. The Bertz CT molecular complexity index is 1120. The molecule has 2 aromatic carbocycles. The van der Waals surface area contributed by atoms with Crippen LogP contribution in [0.5, 0.6) is 5.75 Å². The van der Waals surface area contributed by atoms with Gasteiger partial charge < -0.3 is 19.9 Å². The van der Waals surface area contributed by atoms with Gasteiger partial charge in [0.15, 0.2) is 0 Å². The molecule has 1 N–H and O–H groups in total. The van der Waals surface area contributed by atoms with Gasteiger partial charge in [-0.15, -0.1) is 0 Å². The first-order valence-electron chi connectivity index (χ1n) is 10.2. The van der Waals surface area contributed by atoms with Crippen molar-refractivity contribution in [2.75, 3.05) is 50.6 Å². The van der Waals surface area contributed by atoms with Crippen molar-refractivity contribution in [1.82, 2.24) is 14.7 Å². The van der Waals surface area contributed by atoms with Crippen LogP contribution in [0.15, 0.2) is 54.9 Å². The topological polar surface area (TPSA) is 106 Å². The second kappa shape index (κ2) is 9.06. The number of ether oxygens (including phenoxy) is 1. The molecule has 10 nitrogen and oxygen atoms in total. The van der Waals surface area contributed by atoms with Gasteiger partial charge in [0.2, 0.25) is 0 Å². The highest BCUT2D eigenvalue weighted by Crippen LogP contribution is 2.32. The number of nitro groups is 1. The number of amides is 1. The van der Waals surface area contributed by atoms with Gasteiger partial charge in [0.1, 0.15) is 11.4 Å². The molecule has 1 amide bonds. The van der Waals surface area contributed by atoms with E-state index in [4.69, 9.17) is 4.74 Å². The second-order valence-electron chi connectivity index (χ2n) is 7.54. The first-order chi connectivity index (χ1) is 15.5. The molecule has 1 aromatic heterocycles. The Hall–Kier alpha value is -3.92. The van der Waals surface area contributed by atoms with E-state index in [0.717, 1.165) is 37.6 Å². The number of rotatable bonds is 6. The van der Waals surface area contributed by atoms with Crippen LogP contribution in [0.1, 0.15) is 10.4 Å². The summed E-state index contributed by atoms with van der Waals surface area (Å²) in [6, 6.07) is 11.4. The minimum atomic E-state index is -0.521. The van der Waals surface area contributed by atoms with Gasteiger partial charge in [-0.2, -0.15) is 5.10 Å². The lowest BCUT2D eigenvalue weighted by atomic mass is 10.1. The van der Waals surface area contributed by atoms with E-state index in [-0.39, 0.29) is 11.3 Å². The van der Waals surface area contributed by atoms with Gasteiger partial charge >= 0.3 is 0 Å². The van der Waals surface area contributed by atoms with Crippen molar-refractivity contribution in [3.05, 3.63) is 70.5 Å². The van der Waals surface area contributed by atoms with Gasteiger partial charge in [-0.05, 0) is 43.4 Å². The average molecular weight is 436 g/mol. The third-order valence-corrected chi connectivity index (χ3v) is 5.47. The molecule has 0 aliphatic carbocycles. The normalized spacial score (nSPS) is 14.2. The predicted octanol–water partition coefficient (Wildman–Crippen LogP) is 2.79. The number of hydrogen-bond donors (Lipinski definition) is 1. The fourth-order valence-corrected chi connectivity index (χ4v) is 3.68. The van der Waals surface area contributed by atoms with Crippen LogP contribution in [0.25, 0.3) is 5.69 Å². The molecular weight excluding hydrogens is 412 g/mol. The number of nitrogens with one attached hydrogen (secondary N) is 1. The van der Waals surface area contributed by atoms with Crippen LogP contribution in [0.4, 0.5) is 17.1 Å². The van der Waals surface area contributed by atoms with Crippen molar-refractivity contribution >= 4 is 23.0 Å². The van der Waals surface area contributed by atoms with E-state index in [0.29, 0.717) is 11.4 Å². The Morgan fingerprint density at radius 1 is 1.12 bits per heavy atom. The van der Waals surface area contributed by atoms with E-state index >= 15 is 0 Å². The predicted molar refractivity (Wildman–Crippen MR) is 121 cm³/mol. The molecular formula is C22H24N6O4. The van der Waals surface area contributed by atoms with Gasteiger partial charge in [0.05, 0.1) is 17.7 Å². The molecule has 1 aliphatic rings. The van der Waals surface area contributed by atoms with Crippen molar-refractivity contribution in [2.45, 2.75) is 0 Å². The molecule has 3 aromatic rings. The number of likely N-dealkylation sites (N-methyl/N-ethyl adjacent to an activating group) is 1. The summed E-state index contributed by atoms with van der Waals surface area (Å²) in [7, 11) is 3.70. The summed E-state index contributed by atoms with van der Waals surface area (Å²) in [5.74, 6) is 0.293. The molecule has 0 unspecified atom stereocenters. The van der Waals surface area contributed by atoms with Crippen LogP contribution in [-0.2, 0) is 0 Å². The average Bonchev–Trinajstić information content (AvgIpc) is 3.34. The number of methoxy groups -OCH3 is 1. The summed E-state index contributed by atoms with van der Waals surface area (Å²) in [5.41, 5.74) is 1.76. The van der Waals surface area contributed by atoms with Crippen molar-refractivity contribution in [1.29, 1.82) is 0 Å². The monoisotopic (exact) mass is 436 g/mol. The molecule has 0 bridgehead atoms. The molecule has 1 saturated heterocycles. The van der Waals surface area contributed by atoms with Crippen LogP contribution in [0.3, 0.4) is 0 Å². The van der Waals surface area contributed by atoms with Gasteiger partial charge in [0, 0.05) is 55.9 Å². The Labute approximate surface area is 185 Å². The highest BCUT2D eigenvalue weighted by Gasteiger charge is 2.21. The number of nitro benzene ring substituents is 1. The Kier molecular flexibility index (Phi) is 6.04. The largest absolute Gasteiger partial charge is 0.495 e. The summed E-state index contributed by atoms with van der Waals surface area (Å²) in [6.07, 6.45) is 3.14. The molecule has 1 aliphatic heterocycles. The Morgan fingerprint density at radius 3 is 2.56 bits per heavy atom. The molecule has 0 atom stereocenters. The van der Waals surface area contributed by atoms with Crippen LogP contribution in [0, 0.1) is 10.1 Å². The second-order valence-corrected chi connectivity index (χ2v) is 7.54. The lowest BCUT2D eigenvalue weighted by Gasteiger charge is -2.34. The summed E-state index contributed by atoms with van der Waals surface area (Å²) in [4.78, 5) is 28.4.